The van der Waals surface area contributed by atoms with Crippen LogP contribution in [0.5, 0.6) is 0 Å². The van der Waals surface area contributed by atoms with Gasteiger partial charge in [-0.1, -0.05) is 42.5 Å². The molecule has 0 radical (unpaired) electrons. The minimum absolute atomic E-state index is 0.416. The Morgan fingerprint density at radius 3 is 2.67 bits per heavy atom. The highest BCUT2D eigenvalue weighted by Crippen LogP contribution is 2.26. The molecule has 1 aromatic heterocycles. The van der Waals surface area contributed by atoms with Crippen LogP contribution in [0.3, 0.4) is 0 Å². The largest absolute Gasteiger partial charge is 0.336 e. The summed E-state index contributed by atoms with van der Waals surface area (Å²) in [6, 6.07) is 14.5. The van der Waals surface area contributed by atoms with Crippen molar-refractivity contribution in [2.24, 2.45) is 0 Å². The fourth-order valence-corrected chi connectivity index (χ4v) is 3.92. The normalized spacial score (nSPS) is 11.6. The summed E-state index contributed by atoms with van der Waals surface area (Å²) in [5.74, 6) is -0.583. The third kappa shape index (κ3) is 5.10. The minimum atomic E-state index is -3.90. The van der Waals surface area contributed by atoms with Crippen molar-refractivity contribution in [3.8, 4) is 0 Å². The van der Waals surface area contributed by atoms with Crippen LogP contribution in [0.2, 0.25) is 0 Å². The van der Waals surface area contributed by atoms with E-state index in [4.69, 9.17) is 0 Å². The lowest BCUT2D eigenvalue weighted by atomic mass is 10.0. The Morgan fingerprint density at radius 1 is 1.19 bits per heavy atom. The van der Waals surface area contributed by atoms with Crippen molar-refractivity contribution in [1.82, 2.24) is 9.71 Å². The van der Waals surface area contributed by atoms with Crippen LogP contribution in [0.4, 0.5) is 5.13 Å². The molecule has 3 rings (SSSR count). The smallest absolute Gasteiger partial charge is 0.300 e. The molecule has 0 fully saturated rings. The number of fused-ring (bicyclic) bond motifs is 1. The number of carbonyl (C=O) groups excluding carboxylic acids is 1. The second kappa shape index (κ2) is 8.13. The van der Waals surface area contributed by atoms with Crippen LogP contribution in [0.15, 0.2) is 42.5 Å². The van der Waals surface area contributed by atoms with Crippen molar-refractivity contribution in [2.75, 3.05) is 19.0 Å². The second-order valence-electron chi connectivity index (χ2n) is 5.85. The number of anilines is 1. The van der Waals surface area contributed by atoms with E-state index in [1.54, 1.807) is 0 Å². The maximum atomic E-state index is 11.8. The number of amides is 1. The third-order valence-corrected chi connectivity index (χ3v) is 5.91. The zero-order valence-electron chi connectivity index (χ0n) is 14.9. The highest BCUT2D eigenvalue weighted by atomic mass is 32.2. The van der Waals surface area contributed by atoms with Crippen LogP contribution in [-0.2, 0) is 25.7 Å². The molecule has 2 N–H and O–H groups in total. The van der Waals surface area contributed by atoms with Gasteiger partial charge in [-0.3, -0.25) is 10.1 Å². The van der Waals surface area contributed by atoms with Gasteiger partial charge in [0.05, 0.1) is 5.69 Å². The van der Waals surface area contributed by atoms with Crippen molar-refractivity contribution >= 4 is 43.5 Å². The number of carbonyl (C=O) groups is 1. The average molecular weight is 406 g/mol. The summed E-state index contributed by atoms with van der Waals surface area (Å²) in [6.07, 6.45) is 0.703. The number of hydrogen-bond acceptors (Lipinski definition) is 6. The zero-order chi connectivity index (χ0) is 19.4. The monoisotopic (exact) mass is 405 g/mol. The number of aryl methyl sites for hydroxylation is 1. The van der Waals surface area contributed by atoms with Gasteiger partial charge in [0.25, 0.3) is 5.91 Å². The molecule has 0 spiro atoms. The molecule has 1 heterocycles. The summed E-state index contributed by atoms with van der Waals surface area (Å²) >= 11 is 1.36. The summed E-state index contributed by atoms with van der Waals surface area (Å²) < 4.78 is 28.9. The molecule has 0 atom stereocenters. The molecule has 27 heavy (non-hydrogen) atoms. The Labute approximate surface area is 161 Å². The first kappa shape index (κ1) is 19.4. The number of rotatable bonds is 7. The number of nitrogens with one attached hydrogen (secondary N) is 2. The van der Waals surface area contributed by atoms with Gasteiger partial charge in [0.2, 0.25) is 0 Å². The molecule has 9 heteroatoms. The van der Waals surface area contributed by atoms with Crippen LogP contribution >= 0.6 is 11.3 Å². The van der Waals surface area contributed by atoms with Crippen LogP contribution in [0.25, 0.3) is 10.8 Å². The number of thiazole rings is 1. The van der Waals surface area contributed by atoms with Crippen LogP contribution < -0.4 is 10.0 Å². The van der Waals surface area contributed by atoms with Gasteiger partial charge in [0.1, 0.15) is 6.61 Å². The molecule has 142 valence electrons. The van der Waals surface area contributed by atoms with Gasteiger partial charge in [-0.25, -0.2) is 9.17 Å². The lowest BCUT2D eigenvalue weighted by Crippen LogP contribution is -2.27. The van der Waals surface area contributed by atoms with Gasteiger partial charge in [0.15, 0.2) is 5.13 Å². The Morgan fingerprint density at radius 2 is 1.93 bits per heavy atom. The Hall–Kier alpha value is -2.33. The molecule has 7 nitrogen and oxygen atoms in total. The lowest BCUT2D eigenvalue weighted by molar-refractivity contribution is -0.118. The standard InChI is InChI=1S/C18H19N3O4S2/c1-12-16(10-13-7-8-14-5-3-4-6-15(14)9-13)26-18(20-12)21-17(22)11-25-27(23,24)19-2/h3-9,19H,10-11H2,1-2H3,(H,20,21,22). The van der Waals surface area contributed by atoms with Gasteiger partial charge in [-0.15, -0.1) is 11.3 Å². The molecule has 3 aromatic rings. The summed E-state index contributed by atoms with van der Waals surface area (Å²) in [5.41, 5.74) is 1.98. The first-order chi connectivity index (χ1) is 12.9. The molecule has 0 saturated carbocycles. The Kier molecular flexibility index (Phi) is 5.85. The summed E-state index contributed by atoms with van der Waals surface area (Å²) in [5, 5.41) is 5.34. The van der Waals surface area contributed by atoms with Gasteiger partial charge in [-0.05, 0) is 23.3 Å². The Balaban J connectivity index is 1.67. The quantitative estimate of drug-likeness (QED) is 0.630. The molecule has 2 aromatic carbocycles. The number of nitrogens with zero attached hydrogens (tertiary/aromatic N) is 1. The van der Waals surface area contributed by atoms with Gasteiger partial charge in [0, 0.05) is 18.3 Å². The summed E-state index contributed by atoms with van der Waals surface area (Å²) in [4.78, 5) is 17.2. The highest BCUT2D eigenvalue weighted by Gasteiger charge is 2.14. The maximum Gasteiger partial charge on any atom is 0.336 e. The first-order valence-electron chi connectivity index (χ1n) is 8.18. The van der Waals surface area contributed by atoms with Crippen LogP contribution in [0, 0.1) is 6.92 Å². The molecule has 0 unspecified atom stereocenters. The molecular formula is C18H19N3O4S2. The summed E-state index contributed by atoms with van der Waals surface area (Å²) in [6.45, 7) is 1.27. The van der Waals surface area contributed by atoms with E-state index >= 15 is 0 Å². The topological polar surface area (TPSA) is 97.4 Å². The number of aromatic nitrogens is 1. The predicted molar refractivity (Wildman–Crippen MR) is 106 cm³/mol. The molecule has 0 aliphatic heterocycles. The number of benzene rings is 2. The zero-order valence-corrected chi connectivity index (χ0v) is 16.5. The van der Waals surface area contributed by atoms with E-state index in [2.05, 4.69) is 44.8 Å². The number of hydrogen-bond donors (Lipinski definition) is 2. The van der Waals surface area contributed by atoms with E-state index in [9.17, 15) is 13.2 Å². The first-order valence-corrected chi connectivity index (χ1v) is 10.4. The SMILES string of the molecule is CNS(=O)(=O)OCC(=O)Nc1nc(C)c(Cc2ccc3ccccc3c2)s1. The molecule has 0 aliphatic rings. The average Bonchev–Trinajstić information content (AvgIpc) is 2.99. The van der Waals surface area contributed by atoms with E-state index in [0.29, 0.717) is 11.6 Å². The van der Waals surface area contributed by atoms with Crippen molar-refractivity contribution in [3.05, 3.63) is 58.6 Å². The van der Waals surface area contributed by atoms with E-state index in [1.165, 1.54) is 29.2 Å². The van der Waals surface area contributed by atoms with E-state index in [-0.39, 0.29) is 0 Å². The fraction of sp³-hybridized carbons (Fsp3) is 0.222. The van der Waals surface area contributed by atoms with Gasteiger partial charge in [-0.2, -0.15) is 13.1 Å². The molecule has 0 saturated heterocycles. The molecule has 1 amide bonds. The van der Waals surface area contributed by atoms with Crippen LogP contribution in [0.1, 0.15) is 16.1 Å². The van der Waals surface area contributed by atoms with Crippen molar-refractivity contribution < 1.29 is 17.4 Å². The third-order valence-electron chi connectivity index (χ3n) is 3.91. The molecular weight excluding hydrogens is 386 g/mol. The maximum absolute atomic E-state index is 11.8. The van der Waals surface area contributed by atoms with Crippen LogP contribution in [-0.4, -0.2) is 33.0 Å². The predicted octanol–water partition coefficient (Wildman–Crippen LogP) is 2.61. The minimum Gasteiger partial charge on any atom is -0.300 e. The lowest BCUT2D eigenvalue weighted by Gasteiger charge is -2.03. The van der Waals surface area contributed by atoms with E-state index in [1.807, 2.05) is 23.8 Å². The van der Waals surface area contributed by atoms with Crippen molar-refractivity contribution in [3.63, 3.8) is 0 Å². The van der Waals surface area contributed by atoms with Gasteiger partial charge < -0.3 is 0 Å². The van der Waals surface area contributed by atoms with E-state index in [0.717, 1.165) is 16.1 Å². The molecule has 0 bridgehead atoms. The second-order valence-corrected chi connectivity index (χ2v) is 8.49. The highest BCUT2D eigenvalue weighted by molar-refractivity contribution is 7.84. The fourth-order valence-electron chi connectivity index (χ4n) is 2.53. The Bertz CT molecular complexity index is 1080. The molecule has 0 aliphatic carbocycles. The van der Waals surface area contributed by atoms with Crippen molar-refractivity contribution in [1.29, 1.82) is 0 Å². The van der Waals surface area contributed by atoms with Gasteiger partial charge >= 0.3 is 10.3 Å². The summed E-state index contributed by atoms with van der Waals surface area (Å²) in [7, 11) is -2.69. The van der Waals surface area contributed by atoms with Crippen molar-refractivity contribution in [2.45, 2.75) is 13.3 Å². The van der Waals surface area contributed by atoms with E-state index < -0.39 is 22.8 Å².